The van der Waals surface area contributed by atoms with Gasteiger partial charge in [0, 0.05) is 5.54 Å². The monoisotopic (exact) mass is 102 g/mol. The third-order valence-electron chi connectivity index (χ3n) is 1.38. The van der Waals surface area contributed by atoms with Gasteiger partial charge in [-0.2, -0.15) is 0 Å². The Labute approximate surface area is 42.7 Å². The molecular weight excluding hydrogens is 92.1 g/mol. The van der Waals surface area contributed by atoms with Crippen LogP contribution in [0.3, 0.4) is 0 Å². The van der Waals surface area contributed by atoms with Crippen LogP contribution in [0.2, 0.25) is 0 Å². The van der Waals surface area contributed by atoms with E-state index in [0.717, 1.165) is 0 Å². The van der Waals surface area contributed by atoms with E-state index in [0.29, 0.717) is 12.8 Å². The molecule has 1 aliphatic carbocycles. The number of hydrogen-bond donors (Lipinski definition) is 1. The van der Waals surface area contributed by atoms with Gasteiger partial charge in [-0.1, -0.05) is 0 Å². The summed E-state index contributed by atoms with van der Waals surface area (Å²) in [4.78, 5) is 0. The number of rotatable bonds is 0. The van der Waals surface area contributed by atoms with Crippen LogP contribution in [-0.4, -0.2) is 11.7 Å². The van der Waals surface area contributed by atoms with E-state index in [1.807, 2.05) is 6.92 Å². The minimum atomic E-state index is -0.616. The predicted molar refractivity (Wildman–Crippen MR) is 26.7 cm³/mol. The average molecular weight is 102 g/mol. The zero-order chi connectivity index (χ0) is 5.49. The maximum absolute atomic E-state index is 11.9. The molecule has 0 heterocycles. The van der Waals surface area contributed by atoms with Crippen molar-refractivity contribution in [3.63, 3.8) is 0 Å². The van der Waals surface area contributed by atoms with Gasteiger partial charge in [0.2, 0.25) is 0 Å². The van der Waals surface area contributed by atoms with E-state index in [1.54, 1.807) is 0 Å². The lowest BCUT2D eigenvalue weighted by molar-refractivity contribution is 0.114. The fourth-order valence-electron chi connectivity index (χ4n) is 0.952. The normalized spacial score (nSPS) is 51.0. The maximum atomic E-state index is 11.9. The van der Waals surface area contributed by atoms with Crippen LogP contribution in [0.25, 0.3) is 0 Å². The second-order valence-corrected chi connectivity index (χ2v) is 2.66. The van der Waals surface area contributed by atoms with Crippen LogP contribution in [0, 0.1) is 0 Å². The standard InChI is InChI=1S/C5H10FN/c1-5(7)2-4(6)3-5/h4H,2-3,7H2,1H3/i6-1. The third kappa shape index (κ3) is 0.911. The van der Waals surface area contributed by atoms with Crippen molar-refractivity contribution < 1.29 is 4.39 Å². The predicted octanol–water partition coefficient (Wildman–Crippen LogP) is 0.836. The van der Waals surface area contributed by atoms with E-state index < -0.39 is 6.17 Å². The molecule has 0 saturated heterocycles. The van der Waals surface area contributed by atoms with E-state index >= 15 is 0 Å². The summed E-state index contributed by atoms with van der Waals surface area (Å²) in [5.74, 6) is 0. The van der Waals surface area contributed by atoms with E-state index in [2.05, 4.69) is 0 Å². The van der Waals surface area contributed by atoms with Crippen LogP contribution in [0.1, 0.15) is 19.8 Å². The fraction of sp³-hybridized carbons (Fsp3) is 1.00. The van der Waals surface area contributed by atoms with Crippen LogP contribution in [-0.2, 0) is 0 Å². The number of alkyl halides is 1. The largest absolute Gasteiger partial charge is 0.325 e. The van der Waals surface area contributed by atoms with Gasteiger partial charge in [0.15, 0.2) is 0 Å². The van der Waals surface area contributed by atoms with Gasteiger partial charge in [0.25, 0.3) is 0 Å². The minimum absolute atomic E-state index is 0.181. The first-order valence-corrected chi connectivity index (χ1v) is 2.53. The van der Waals surface area contributed by atoms with Gasteiger partial charge in [0.1, 0.15) is 6.17 Å². The maximum Gasteiger partial charge on any atom is 0.104 e. The lowest BCUT2D eigenvalue weighted by Gasteiger charge is -2.37. The van der Waals surface area contributed by atoms with E-state index in [4.69, 9.17) is 5.73 Å². The van der Waals surface area contributed by atoms with Crippen LogP contribution >= 0.6 is 0 Å². The van der Waals surface area contributed by atoms with Crippen LogP contribution in [0.4, 0.5) is 4.39 Å². The van der Waals surface area contributed by atoms with Gasteiger partial charge >= 0.3 is 0 Å². The summed E-state index contributed by atoms with van der Waals surface area (Å²) in [5, 5.41) is 0. The van der Waals surface area contributed by atoms with Gasteiger partial charge in [-0.25, -0.2) is 4.39 Å². The van der Waals surface area contributed by atoms with Gasteiger partial charge in [-0.05, 0) is 19.8 Å². The SMILES string of the molecule is CC1(N)CC([18F])C1. The first-order valence-electron chi connectivity index (χ1n) is 2.53. The molecule has 1 saturated carbocycles. The Morgan fingerprint density at radius 3 is 2.14 bits per heavy atom. The molecule has 1 aliphatic rings. The highest BCUT2D eigenvalue weighted by atomic mass is 18.2. The molecule has 2 heteroatoms. The van der Waals surface area contributed by atoms with E-state index in [1.165, 1.54) is 0 Å². The molecule has 0 aromatic carbocycles. The highest BCUT2D eigenvalue weighted by molar-refractivity contribution is 4.94. The van der Waals surface area contributed by atoms with Crippen molar-refractivity contribution in [3.05, 3.63) is 0 Å². The lowest BCUT2D eigenvalue weighted by atomic mass is 9.78. The third-order valence-corrected chi connectivity index (χ3v) is 1.38. The summed E-state index contributed by atoms with van der Waals surface area (Å²) in [6, 6.07) is 0. The molecule has 0 aromatic heterocycles. The molecule has 0 bridgehead atoms. The summed E-state index contributed by atoms with van der Waals surface area (Å²) in [5.41, 5.74) is 5.29. The highest BCUT2D eigenvalue weighted by Gasteiger charge is 2.36. The molecule has 0 aliphatic heterocycles. The van der Waals surface area contributed by atoms with E-state index in [9.17, 15) is 4.39 Å². The molecule has 0 atom stereocenters. The molecule has 0 amide bonds. The molecule has 0 aromatic rings. The summed E-state index contributed by atoms with van der Waals surface area (Å²) in [7, 11) is 0. The second-order valence-electron chi connectivity index (χ2n) is 2.66. The van der Waals surface area contributed by atoms with Crippen molar-refractivity contribution >= 4 is 0 Å². The lowest BCUT2D eigenvalue weighted by Crippen LogP contribution is -2.50. The number of nitrogens with two attached hydrogens (primary N) is 1. The van der Waals surface area contributed by atoms with Crippen molar-refractivity contribution in [2.75, 3.05) is 0 Å². The Morgan fingerprint density at radius 1 is 1.71 bits per heavy atom. The Bertz CT molecular complexity index is 72.1. The first kappa shape index (κ1) is 5.04. The van der Waals surface area contributed by atoms with Gasteiger partial charge in [-0.15, -0.1) is 0 Å². The molecule has 1 nitrogen and oxygen atoms in total. The number of hydrogen-bond acceptors (Lipinski definition) is 1. The Morgan fingerprint density at radius 2 is 2.14 bits per heavy atom. The second kappa shape index (κ2) is 1.19. The smallest absolute Gasteiger partial charge is 0.104 e. The Balaban J connectivity index is 2.29. The zero-order valence-electron chi connectivity index (χ0n) is 4.45. The molecule has 0 radical (unpaired) electrons. The molecule has 1 rings (SSSR count). The quantitative estimate of drug-likeness (QED) is 0.481. The molecule has 42 valence electrons. The van der Waals surface area contributed by atoms with Crippen molar-refractivity contribution in [1.82, 2.24) is 0 Å². The first-order chi connectivity index (χ1) is 3.10. The molecule has 0 unspecified atom stereocenters. The minimum Gasteiger partial charge on any atom is -0.325 e. The molecular formula is C5H10FN. The zero-order valence-corrected chi connectivity index (χ0v) is 4.45. The van der Waals surface area contributed by atoms with Crippen LogP contribution < -0.4 is 5.73 Å². The van der Waals surface area contributed by atoms with Crippen molar-refractivity contribution in [2.24, 2.45) is 5.73 Å². The molecule has 2 N–H and O–H groups in total. The van der Waals surface area contributed by atoms with Gasteiger partial charge in [0.05, 0.1) is 0 Å². The Hall–Kier alpha value is -0.110. The van der Waals surface area contributed by atoms with Crippen LogP contribution in [0.15, 0.2) is 0 Å². The fourth-order valence-corrected chi connectivity index (χ4v) is 0.952. The topological polar surface area (TPSA) is 26.0 Å². The summed E-state index contributed by atoms with van der Waals surface area (Å²) < 4.78 is 11.9. The Kier molecular flexibility index (Phi) is 0.854. The van der Waals surface area contributed by atoms with E-state index in [-0.39, 0.29) is 5.54 Å². The molecule has 1 fully saturated rings. The summed E-state index contributed by atoms with van der Waals surface area (Å²) >= 11 is 0. The van der Waals surface area contributed by atoms with Gasteiger partial charge in [-0.3, -0.25) is 0 Å². The van der Waals surface area contributed by atoms with Gasteiger partial charge < -0.3 is 5.73 Å². The van der Waals surface area contributed by atoms with Crippen molar-refractivity contribution in [1.29, 1.82) is 0 Å². The number of halogens is 1. The highest BCUT2D eigenvalue weighted by Crippen LogP contribution is 2.31. The molecule has 0 spiro atoms. The van der Waals surface area contributed by atoms with Crippen LogP contribution in [0.5, 0.6) is 0 Å². The van der Waals surface area contributed by atoms with Crippen molar-refractivity contribution in [2.45, 2.75) is 31.5 Å². The summed E-state index contributed by atoms with van der Waals surface area (Å²) in [6.45, 7) is 1.88. The summed E-state index contributed by atoms with van der Waals surface area (Å²) in [6.07, 6.45) is 0.481. The molecule has 7 heavy (non-hydrogen) atoms. The van der Waals surface area contributed by atoms with Crippen molar-refractivity contribution in [3.8, 4) is 0 Å². The average Bonchev–Trinajstić information content (AvgIpc) is 1.27.